The number of para-hydroxylation sites is 1. The van der Waals surface area contributed by atoms with Crippen LogP contribution in [-0.2, 0) is 6.54 Å². The number of nitrogen functional groups attached to an aromatic ring is 1. The van der Waals surface area contributed by atoms with Gasteiger partial charge in [0.2, 0.25) is 0 Å². The van der Waals surface area contributed by atoms with E-state index in [1.165, 1.54) is 0 Å². The van der Waals surface area contributed by atoms with E-state index in [0.29, 0.717) is 11.8 Å². The molecule has 0 saturated heterocycles. The molecule has 20 heavy (non-hydrogen) atoms. The first kappa shape index (κ1) is 13.8. The van der Waals surface area contributed by atoms with Crippen LogP contribution in [0.25, 0.3) is 0 Å². The number of rotatable bonds is 4. The highest BCUT2D eigenvalue weighted by molar-refractivity contribution is 5.94. The van der Waals surface area contributed by atoms with Gasteiger partial charge in [0, 0.05) is 18.3 Å². The van der Waals surface area contributed by atoms with E-state index in [1.807, 2.05) is 0 Å². The van der Waals surface area contributed by atoms with Crippen LogP contribution in [0.15, 0.2) is 36.4 Å². The Labute approximate surface area is 114 Å². The third-order valence-electron chi connectivity index (χ3n) is 2.85. The summed E-state index contributed by atoms with van der Waals surface area (Å²) in [5.74, 6) is -2.74. The van der Waals surface area contributed by atoms with Crippen LogP contribution in [0.5, 0.6) is 0 Å². The van der Waals surface area contributed by atoms with E-state index in [4.69, 9.17) is 11.5 Å². The van der Waals surface area contributed by atoms with Gasteiger partial charge in [-0.15, -0.1) is 0 Å². The van der Waals surface area contributed by atoms with E-state index in [2.05, 4.69) is 5.32 Å². The lowest BCUT2D eigenvalue weighted by Crippen LogP contribution is -2.14. The zero-order valence-corrected chi connectivity index (χ0v) is 10.5. The van der Waals surface area contributed by atoms with Crippen molar-refractivity contribution < 1.29 is 13.6 Å². The Kier molecular flexibility index (Phi) is 3.84. The van der Waals surface area contributed by atoms with Crippen LogP contribution >= 0.6 is 0 Å². The maximum absolute atomic E-state index is 13.6. The zero-order chi connectivity index (χ0) is 14.7. The molecule has 0 fully saturated rings. The number of nitrogens with two attached hydrogens (primary N) is 2. The van der Waals surface area contributed by atoms with Gasteiger partial charge < -0.3 is 16.8 Å². The van der Waals surface area contributed by atoms with Gasteiger partial charge in [-0.2, -0.15) is 0 Å². The molecule has 5 N–H and O–H groups in total. The summed E-state index contributed by atoms with van der Waals surface area (Å²) in [7, 11) is 0. The topological polar surface area (TPSA) is 81.1 Å². The van der Waals surface area contributed by atoms with Crippen molar-refractivity contribution in [3.05, 3.63) is 59.2 Å². The van der Waals surface area contributed by atoms with E-state index >= 15 is 0 Å². The minimum Gasteiger partial charge on any atom is -0.398 e. The molecule has 0 spiro atoms. The molecule has 0 aliphatic rings. The van der Waals surface area contributed by atoms with Crippen LogP contribution in [0, 0.1) is 11.6 Å². The van der Waals surface area contributed by atoms with Crippen molar-refractivity contribution in [2.24, 2.45) is 5.73 Å². The SMILES string of the molecule is NC(=O)c1cc(NCc2ccccc2N)c(F)cc1F. The molecule has 6 heteroatoms. The van der Waals surface area contributed by atoms with Gasteiger partial charge in [-0.05, 0) is 17.7 Å². The third-order valence-corrected chi connectivity index (χ3v) is 2.85. The highest BCUT2D eigenvalue weighted by atomic mass is 19.1. The molecule has 0 radical (unpaired) electrons. The van der Waals surface area contributed by atoms with Crippen molar-refractivity contribution in [3.8, 4) is 0 Å². The van der Waals surface area contributed by atoms with E-state index in [-0.39, 0.29) is 17.8 Å². The average molecular weight is 277 g/mol. The molecule has 4 nitrogen and oxygen atoms in total. The van der Waals surface area contributed by atoms with Gasteiger partial charge >= 0.3 is 0 Å². The molecule has 0 saturated carbocycles. The van der Waals surface area contributed by atoms with Crippen LogP contribution in [0.3, 0.4) is 0 Å². The summed E-state index contributed by atoms with van der Waals surface area (Å²) in [6.07, 6.45) is 0. The van der Waals surface area contributed by atoms with E-state index in [0.717, 1.165) is 11.6 Å². The average Bonchev–Trinajstić information content (AvgIpc) is 2.39. The first-order valence-corrected chi connectivity index (χ1v) is 5.85. The minimum absolute atomic E-state index is 0.0107. The number of primary amides is 1. The quantitative estimate of drug-likeness (QED) is 0.750. The number of hydrogen-bond acceptors (Lipinski definition) is 3. The minimum atomic E-state index is -0.986. The summed E-state index contributed by atoms with van der Waals surface area (Å²) in [6, 6.07) is 8.74. The number of halogens is 2. The number of benzene rings is 2. The Hall–Kier alpha value is -2.63. The summed E-state index contributed by atoms with van der Waals surface area (Å²) >= 11 is 0. The lowest BCUT2D eigenvalue weighted by Gasteiger charge is -2.11. The Morgan fingerprint density at radius 2 is 1.85 bits per heavy atom. The zero-order valence-electron chi connectivity index (χ0n) is 10.5. The van der Waals surface area contributed by atoms with Crippen LogP contribution in [0.1, 0.15) is 15.9 Å². The maximum Gasteiger partial charge on any atom is 0.251 e. The van der Waals surface area contributed by atoms with E-state index in [1.54, 1.807) is 24.3 Å². The molecule has 0 heterocycles. The Morgan fingerprint density at radius 3 is 2.50 bits per heavy atom. The van der Waals surface area contributed by atoms with Gasteiger partial charge in [0.25, 0.3) is 5.91 Å². The fourth-order valence-electron chi connectivity index (χ4n) is 1.76. The summed E-state index contributed by atoms with van der Waals surface area (Å²) in [6.45, 7) is 0.243. The summed E-state index contributed by atoms with van der Waals surface area (Å²) in [5.41, 5.74) is 11.7. The number of carbonyl (C=O) groups excluding carboxylic acids is 1. The number of nitrogens with one attached hydrogen (secondary N) is 1. The normalized spacial score (nSPS) is 10.3. The summed E-state index contributed by atoms with van der Waals surface area (Å²) < 4.78 is 26.9. The molecule has 104 valence electrons. The van der Waals surface area contributed by atoms with Crippen LogP contribution in [0.2, 0.25) is 0 Å². The second kappa shape index (κ2) is 5.56. The van der Waals surface area contributed by atoms with Crippen molar-refractivity contribution in [1.82, 2.24) is 0 Å². The molecule has 0 aliphatic carbocycles. The molecule has 1 amide bonds. The van der Waals surface area contributed by atoms with Crippen LogP contribution in [-0.4, -0.2) is 5.91 Å². The van der Waals surface area contributed by atoms with Gasteiger partial charge in [-0.25, -0.2) is 8.78 Å². The number of amides is 1. The molecular weight excluding hydrogens is 264 g/mol. The Bertz CT molecular complexity index is 659. The van der Waals surface area contributed by atoms with Gasteiger partial charge in [-0.1, -0.05) is 18.2 Å². The first-order chi connectivity index (χ1) is 9.49. The van der Waals surface area contributed by atoms with Crippen molar-refractivity contribution in [2.45, 2.75) is 6.54 Å². The molecule has 2 aromatic rings. The van der Waals surface area contributed by atoms with Crippen molar-refractivity contribution >= 4 is 17.3 Å². The van der Waals surface area contributed by atoms with E-state index in [9.17, 15) is 13.6 Å². The Morgan fingerprint density at radius 1 is 1.15 bits per heavy atom. The molecule has 0 atom stereocenters. The van der Waals surface area contributed by atoms with Crippen molar-refractivity contribution in [2.75, 3.05) is 11.1 Å². The standard InChI is InChI=1S/C14H13F2N3O/c15-10-6-11(16)13(5-9(10)14(18)20)19-7-8-3-1-2-4-12(8)17/h1-6,19H,7,17H2,(H2,18,20). The number of hydrogen-bond donors (Lipinski definition) is 3. The third kappa shape index (κ3) is 2.85. The highest BCUT2D eigenvalue weighted by Gasteiger charge is 2.13. The number of carbonyl (C=O) groups is 1. The number of anilines is 2. The lowest BCUT2D eigenvalue weighted by atomic mass is 10.1. The van der Waals surface area contributed by atoms with Gasteiger partial charge in [0.15, 0.2) is 0 Å². The smallest absolute Gasteiger partial charge is 0.251 e. The molecule has 2 rings (SSSR count). The molecule has 2 aromatic carbocycles. The van der Waals surface area contributed by atoms with Crippen molar-refractivity contribution in [3.63, 3.8) is 0 Å². The molecule has 0 bridgehead atoms. The molecule has 0 unspecified atom stereocenters. The van der Waals surface area contributed by atoms with E-state index < -0.39 is 17.5 Å². The van der Waals surface area contributed by atoms with Gasteiger partial charge in [-0.3, -0.25) is 4.79 Å². The largest absolute Gasteiger partial charge is 0.398 e. The highest BCUT2D eigenvalue weighted by Crippen LogP contribution is 2.21. The van der Waals surface area contributed by atoms with Crippen molar-refractivity contribution in [1.29, 1.82) is 0 Å². The monoisotopic (exact) mass is 277 g/mol. The summed E-state index contributed by atoms with van der Waals surface area (Å²) in [4.78, 5) is 11.0. The van der Waals surface area contributed by atoms with Gasteiger partial charge in [0.05, 0.1) is 11.3 Å². The fraction of sp³-hybridized carbons (Fsp3) is 0.0714. The second-order valence-corrected chi connectivity index (χ2v) is 4.23. The lowest BCUT2D eigenvalue weighted by molar-refractivity contribution is 0.0996. The molecule has 0 aromatic heterocycles. The second-order valence-electron chi connectivity index (χ2n) is 4.23. The maximum atomic E-state index is 13.6. The van der Waals surface area contributed by atoms with Crippen LogP contribution < -0.4 is 16.8 Å². The first-order valence-electron chi connectivity index (χ1n) is 5.85. The summed E-state index contributed by atoms with van der Waals surface area (Å²) in [5, 5.41) is 2.76. The van der Waals surface area contributed by atoms with Crippen LogP contribution in [0.4, 0.5) is 20.2 Å². The molecule has 0 aliphatic heterocycles. The fourth-order valence-corrected chi connectivity index (χ4v) is 1.76. The predicted molar refractivity (Wildman–Crippen MR) is 73.1 cm³/mol. The Balaban J connectivity index is 2.24. The van der Waals surface area contributed by atoms with Gasteiger partial charge in [0.1, 0.15) is 11.6 Å². The molecular formula is C14H13F2N3O. The predicted octanol–water partition coefficient (Wildman–Crippen LogP) is 2.26.